The molecular weight excluding hydrogens is 547 g/mol. The number of carbonyl (C=O) groups excluding carboxylic acids is 1. The highest BCUT2D eigenvalue weighted by Crippen LogP contribution is 2.35. The number of pyridine rings is 1. The topological polar surface area (TPSA) is 126 Å². The number of ether oxygens (including phenoxy) is 2. The molecule has 4 rings (SSSR count). The van der Waals surface area contributed by atoms with Crippen molar-refractivity contribution in [3.8, 4) is 22.6 Å². The van der Waals surface area contributed by atoms with Gasteiger partial charge in [-0.25, -0.2) is 9.48 Å². The van der Waals surface area contributed by atoms with E-state index in [1.807, 2.05) is 0 Å². The molecule has 0 fully saturated rings. The molecular formula is C27H24Cl2N4O6. The van der Waals surface area contributed by atoms with E-state index in [4.69, 9.17) is 37.8 Å². The molecule has 0 spiro atoms. The molecule has 2 aromatic heterocycles. The van der Waals surface area contributed by atoms with E-state index < -0.39 is 17.6 Å². The zero-order valence-electron chi connectivity index (χ0n) is 21.0. The van der Waals surface area contributed by atoms with Gasteiger partial charge < -0.3 is 19.1 Å². The molecule has 0 bridgehead atoms. The lowest BCUT2D eigenvalue weighted by molar-refractivity contribution is -0.122. The van der Waals surface area contributed by atoms with Crippen LogP contribution in [-0.2, 0) is 16.0 Å². The fourth-order valence-electron chi connectivity index (χ4n) is 4.20. The Morgan fingerprint density at radius 1 is 1.03 bits per heavy atom. The maximum Gasteiger partial charge on any atom is 0.335 e. The van der Waals surface area contributed by atoms with Crippen LogP contribution in [0.1, 0.15) is 28.4 Å². The maximum atomic E-state index is 13.5. The van der Waals surface area contributed by atoms with Crippen LogP contribution in [-0.4, -0.2) is 57.2 Å². The van der Waals surface area contributed by atoms with Crippen LogP contribution in [0.15, 0.2) is 65.7 Å². The molecule has 39 heavy (non-hydrogen) atoms. The minimum atomic E-state index is -1.06. The third kappa shape index (κ3) is 6.36. The first-order valence-electron chi connectivity index (χ1n) is 11.7. The molecule has 1 unspecified atom stereocenters. The Balaban J connectivity index is 1.75. The Labute approximate surface area is 233 Å². The van der Waals surface area contributed by atoms with Gasteiger partial charge in [0.05, 0.1) is 36.8 Å². The molecule has 0 saturated heterocycles. The number of ketones is 1. The Morgan fingerprint density at radius 3 is 2.38 bits per heavy atom. The quantitative estimate of drug-likeness (QED) is 0.279. The van der Waals surface area contributed by atoms with Gasteiger partial charge in [0.2, 0.25) is 0 Å². The van der Waals surface area contributed by atoms with E-state index in [9.17, 15) is 14.4 Å². The standard InChI is InChI=1S/C27H24Cl2N4O6/c1-38-10-9-22(23(34)11-16-3-5-17(6-4-16)27(36)37)32-14-24(39-2)20(13-26(32)35)19-12-18(28)7-8-21(19)33-15-25(29)30-31-33/h3-8,12-15,22H,9-11H2,1-2H3,(H,36,37). The van der Waals surface area contributed by atoms with E-state index in [-0.39, 0.29) is 35.9 Å². The van der Waals surface area contributed by atoms with Crippen LogP contribution >= 0.6 is 23.2 Å². The zero-order chi connectivity index (χ0) is 28.1. The number of methoxy groups -OCH3 is 2. The number of aromatic carboxylic acids is 1. The molecule has 10 nitrogen and oxygen atoms in total. The first-order chi connectivity index (χ1) is 18.7. The summed E-state index contributed by atoms with van der Waals surface area (Å²) in [6, 6.07) is 11.6. The van der Waals surface area contributed by atoms with E-state index in [1.165, 1.54) is 54.1 Å². The van der Waals surface area contributed by atoms with Crippen molar-refractivity contribution in [2.24, 2.45) is 0 Å². The number of carboxylic acids is 1. The SMILES string of the molecule is COCCC(C(=O)Cc1ccc(C(=O)O)cc1)n1cc(OC)c(-c2cc(Cl)ccc2-n2cc(Cl)nn2)cc1=O. The molecule has 1 N–H and O–H groups in total. The average Bonchev–Trinajstić information content (AvgIpc) is 3.35. The van der Waals surface area contributed by atoms with Crippen molar-refractivity contribution in [3.63, 3.8) is 0 Å². The first-order valence-corrected chi connectivity index (χ1v) is 12.5. The van der Waals surface area contributed by atoms with Gasteiger partial charge in [-0.15, -0.1) is 5.10 Å². The number of nitrogens with zero attached hydrogens (tertiary/aromatic N) is 4. The van der Waals surface area contributed by atoms with Crippen molar-refractivity contribution in [2.75, 3.05) is 20.8 Å². The number of carbonyl (C=O) groups is 2. The highest BCUT2D eigenvalue weighted by atomic mass is 35.5. The van der Waals surface area contributed by atoms with E-state index in [1.54, 1.807) is 30.3 Å². The Morgan fingerprint density at radius 2 is 1.77 bits per heavy atom. The van der Waals surface area contributed by atoms with Crippen LogP contribution < -0.4 is 10.3 Å². The van der Waals surface area contributed by atoms with Gasteiger partial charge in [-0.05, 0) is 42.3 Å². The second-order valence-electron chi connectivity index (χ2n) is 8.59. The third-order valence-corrected chi connectivity index (χ3v) is 6.52. The van der Waals surface area contributed by atoms with E-state index in [0.29, 0.717) is 33.1 Å². The highest BCUT2D eigenvalue weighted by molar-refractivity contribution is 6.31. The van der Waals surface area contributed by atoms with Crippen molar-refractivity contribution < 1.29 is 24.2 Å². The number of rotatable bonds is 11. The maximum absolute atomic E-state index is 13.5. The normalized spacial score (nSPS) is 11.8. The molecule has 0 aliphatic carbocycles. The molecule has 2 aromatic carbocycles. The number of carboxylic acid groups (broad SMARTS) is 1. The molecule has 0 radical (unpaired) electrons. The van der Waals surface area contributed by atoms with Crippen LogP contribution in [0.3, 0.4) is 0 Å². The predicted octanol–water partition coefficient (Wildman–Crippen LogP) is 4.50. The van der Waals surface area contributed by atoms with E-state index >= 15 is 0 Å². The largest absolute Gasteiger partial charge is 0.495 e. The number of Topliss-reactive ketones (excluding diaryl/α,β-unsaturated/α-hetero) is 1. The fraction of sp³-hybridized carbons (Fsp3) is 0.222. The monoisotopic (exact) mass is 570 g/mol. The number of halogens is 2. The van der Waals surface area contributed by atoms with Gasteiger partial charge in [0, 0.05) is 42.4 Å². The minimum absolute atomic E-state index is 0.00368. The summed E-state index contributed by atoms with van der Waals surface area (Å²) in [6.07, 6.45) is 3.24. The average molecular weight is 571 g/mol. The van der Waals surface area contributed by atoms with Crippen LogP contribution in [0.2, 0.25) is 10.2 Å². The van der Waals surface area contributed by atoms with Crippen molar-refractivity contribution in [1.82, 2.24) is 19.6 Å². The summed E-state index contributed by atoms with van der Waals surface area (Å²) in [7, 11) is 2.97. The van der Waals surface area contributed by atoms with Gasteiger partial charge in [0.1, 0.15) is 5.75 Å². The fourth-order valence-corrected chi connectivity index (χ4v) is 4.50. The number of hydrogen-bond acceptors (Lipinski definition) is 7. The molecule has 4 aromatic rings. The molecule has 202 valence electrons. The van der Waals surface area contributed by atoms with Gasteiger partial charge in [0.15, 0.2) is 10.9 Å². The number of aromatic nitrogens is 4. The smallest absolute Gasteiger partial charge is 0.335 e. The van der Waals surface area contributed by atoms with Gasteiger partial charge in [-0.1, -0.05) is 40.5 Å². The highest BCUT2D eigenvalue weighted by Gasteiger charge is 2.24. The summed E-state index contributed by atoms with van der Waals surface area (Å²) in [5.41, 5.74) is 1.84. The van der Waals surface area contributed by atoms with E-state index in [2.05, 4.69) is 10.3 Å². The molecule has 1 atom stereocenters. The Bertz CT molecular complexity index is 1570. The van der Waals surface area contributed by atoms with Crippen molar-refractivity contribution >= 4 is 35.0 Å². The molecule has 0 aliphatic rings. The second kappa shape index (κ2) is 12.2. The van der Waals surface area contributed by atoms with Gasteiger partial charge in [-0.2, -0.15) is 0 Å². The molecule has 2 heterocycles. The minimum Gasteiger partial charge on any atom is -0.495 e. The van der Waals surface area contributed by atoms with E-state index in [0.717, 1.165) is 0 Å². The van der Waals surface area contributed by atoms with Crippen LogP contribution in [0.5, 0.6) is 5.75 Å². The predicted molar refractivity (Wildman–Crippen MR) is 145 cm³/mol. The van der Waals surface area contributed by atoms with Crippen molar-refractivity contribution in [2.45, 2.75) is 18.9 Å². The summed E-state index contributed by atoms with van der Waals surface area (Å²) in [5, 5.41) is 17.6. The molecule has 0 amide bonds. The van der Waals surface area contributed by atoms with Gasteiger partial charge >= 0.3 is 5.97 Å². The molecule has 0 aliphatic heterocycles. The van der Waals surface area contributed by atoms with Gasteiger partial charge in [-0.3, -0.25) is 9.59 Å². The summed E-state index contributed by atoms with van der Waals surface area (Å²) in [6.45, 7) is 0.233. The van der Waals surface area contributed by atoms with Crippen LogP contribution in [0.4, 0.5) is 0 Å². The van der Waals surface area contributed by atoms with Crippen LogP contribution in [0.25, 0.3) is 16.8 Å². The number of benzene rings is 2. The summed E-state index contributed by atoms with van der Waals surface area (Å²) < 4.78 is 13.6. The van der Waals surface area contributed by atoms with Gasteiger partial charge in [0.25, 0.3) is 5.56 Å². The van der Waals surface area contributed by atoms with Crippen LogP contribution in [0, 0.1) is 0 Å². The third-order valence-electron chi connectivity index (χ3n) is 6.11. The first kappa shape index (κ1) is 28.0. The molecule has 0 saturated carbocycles. The Hall–Kier alpha value is -3.99. The lowest BCUT2D eigenvalue weighted by Crippen LogP contribution is -2.31. The molecule has 12 heteroatoms. The zero-order valence-corrected chi connectivity index (χ0v) is 22.5. The lowest BCUT2D eigenvalue weighted by atomic mass is 9.99. The van der Waals surface area contributed by atoms with Crippen molar-refractivity contribution in [1.29, 1.82) is 0 Å². The summed E-state index contributed by atoms with van der Waals surface area (Å²) in [4.78, 5) is 38.0. The second-order valence-corrected chi connectivity index (χ2v) is 9.41. The van der Waals surface area contributed by atoms with Crippen molar-refractivity contribution in [3.05, 3.63) is 92.6 Å². The summed E-state index contributed by atoms with van der Waals surface area (Å²) >= 11 is 12.3. The lowest BCUT2D eigenvalue weighted by Gasteiger charge is -2.21. The number of hydrogen-bond donors (Lipinski definition) is 1. The summed E-state index contributed by atoms with van der Waals surface area (Å²) in [5.74, 6) is -0.975. The Kier molecular flexibility index (Phi) is 8.80.